The number of benzene rings is 4. The van der Waals surface area contributed by atoms with E-state index < -0.39 is 18.6 Å². The Morgan fingerprint density at radius 2 is 0.951 bits per heavy atom. The van der Waals surface area contributed by atoms with E-state index in [1.54, 1.807) is 0 Å². The Morgan fingerprint density at radius 1 is 0.585 bits per heavy atom. The highest BCUT2D eigenvalue weighted by Crippen LogP contribution is 2.63. The van der Waals surface area contributed by atoms with Crippen molar-refractivity contribution in [2.24, 2.45) is 16.6 Å². The van der Waals surface area contributed by atoms with Crippen LogP contribution in [0.25, 0.3) is 0 Å². The molecule has 5 heteroatoms. The van der Waals surface area contributed by atoms with Gasteiger partial charge in [0.05, 0.1) is 11.6 Å². The molecular weight excluding hydrogens is 519 g/mol. The highest BCUT2D eigenvalue weighted by molar-refractivity contribution is 7.61. The van der Waals surface area contributed by atoms with Gasteiger partial charge in [-0.1, -0.05) is 162 Å². The fourth-order valence-electron chi connectivity index (χ4n) is 7.05. The van der Waals surface area contributed by atoms with Crippen molar-refractivity contribution in [2.75, 3.05) is 0 Å². The quantitative estimate of drug-likeness (QED) is 0.189. The van der Waals surface area contributed by atoms with Gasteiger partial charge in [-0.2, -0.15) is 0 Å². The molecule has 0 bridgehead atoms. The molecule has 212 valence electrons. The van der Waals surface area contributed by atoms with Crippen molar-refractivity contribution >= 4 is 7.51 Å². The summed E-state index contributed by atoms with van der Waals surface area (Å²) in [6.45, 7) is 9.35. The molecule has 1 unspecified atom stereocenters. The summed E-state index contributed by atoms with van der Waals surface area (Å²) in [5, 5.41) is 12.8. The van der Waals surface area contributed by atoms with Crippen LogP contribution in [-0.4, -0.2) is 12.1 Å². The molecule has 3 N–H and O–H groups in total. The zero-order valence-corrected chi connectivity index (χ0v) is 25.6. The van der Waals surface area contributed by atoms with E-state index in [0.717, 1.165) is 12.8 Å². The summed E-state index contributed by atoms with van der Waals surface area (Å²) in [5.74, 6) is 0.803. The van der Waals surface area contributed by atoms with Crippen LogP contribution in [0.15, 0.2) is 126 Å². The third-order valence-electron chi connectivity index (χ3n) is 9.53. The summed E-state index contributed by atoms with van der Waals surface area (Å²) in [6, 6.07) is 44.1. The van der Waals surface area contributed by atoms with Crippen LogP contribution in [0.5, 0.6) is 0 Å². The van der Waals surface area contributed by atoms with Crippen LogP contribution < -0.4 is 15.3 Å². The molecule has 41 heavy (non-hydrogen) atoms. The van der Waals surface area contributed by atoms with Gasteiger partial charge in [0.2, 0.25) is 0 Å². The van der Waals surface area contributed by atoms with Gasteiger partial charge >= 0.3 is 0 Å². The van der Waals surface area contributed by atoms with Crippen molar-refractivity contribution in [2.45, 2.75) is 63.7 Å². The molecule has 4 nitrogen and oxygen atoms in total. The van der Waals surface area contributed by atoms with Crippen molar-refractivity contribution in [3.8, 4) is 0 Å². The van der Waals surface area contributed by atoms with Gasteiger partial charge < -0.3 is 0 Å². The molecule has 4 aromatic rings. The van der Waals surface area contributed by atoms with Gasteiger partial charge in [-0.3, -0.25) is 10.2 Å². The SMILES string of the molecule is CC[C@H](C)[C@@H]1NP2(=NC1(c1ccccc1)c1ccccc1)N[C@@H]([C@@H](C)CC)C(c1ccccc1)(c1ccccc1)N2. The molecule has 2 aliphatic rings. The summed E-state index contributed by atoms with van der Waals surface area (Å²) in [6.07, 6.45) is 2.13. The van der Waals surface area contributed by atoms with E-state index in [0.29, 0.717) is 11.8 Å². The molecule has 6 rings (SSSR count). The molecule has 0 amide bonds. The minimum atomic E-state index is -2.47. The molecule has 2 aliphatic heterocycles. The van der Waals surface area contributed by atoms with Crippen molar-refractivity contribution < 1.29 is 0 Å². The monoisotopic (exact) mass is 562 g/mol. The molecular formula is C36H43N4P. The maximum atomic E-state index is 6.03. The van der Waals surface area contributed by atoms with E-state index in [4.69, 9.17) is 4.74 Å². The van der Waals surface area contributed by atoms with Crippen molar-refractivity contribution in [1.29, 1.82) is 0 Å². The van der Waals surface area contributed by atoms with E-state index in [1.807, 2.05) is 0 Å². The Balaban J connectivity index is 1.65. The molecule has 4 aromatic carbocycles. The Hall–Kier alpha value is -3.01. The second-order valence-corrected chi connectivity index (χ2v) is 14.1. The molecule has 1 fully saturated rings. The summed E-state index contributed by atoms with van der Waals surface area (Å²) < 4.78 is 6.03. The van der Waals surface area contributed by atoms with E-state index >= 15 is 0 Å². The Kier molecular flexibility index (Phi) is 7.78. The first kappa shape index (κ1) is 28.1. The lowest BCUT2D eigenvalue weighted by atomic mass is 9.73. The largest absolute Gasteiger partial charge is 0.254 e. The topological polar surface area (TPSA) is 48.5 Å². The van der Waals surface area contributed by atoms with Gasteiger partial charge in [-0.25, -0.2) is 9.83 Å². The number of nitrogens with one attached hydrogen (secondary N) is 3. The Bertz CT molecular complexity index is 1410. The molecule has 0 aliphatic carbocycles. The molecule has 2 heterocycles. The van der Waals surface area contributed by atoms with E-state index in [1.165, 1.54) is 22.3 Å². The van der Waals surface area contributed by atoms with Gasteiger partial charge in [0.1, 0.15) is 5.54 Å². The molecule has 1 saturated heterocycles. The minimum absolute atomic E-state index is 0.116. The average molecular weight is 563 g/mol. The lowest BCUT2D eigenvalue weighted by molar-refractivity contribution is 0.302. The fourth-order valence-corrected chi connectivity index (χ4v) is 10.8. The summed E-state index contributed by atoms with van der Waals surface area (Å²) in [5.41, 5.74) is 4.05. The lowest BCUT2D eigenvalue weighted by Crippen LogP contribution is -2.50. The Morgan fingerprint density at radius 3 is 1.37 bits per heavy atom. The zero-order chi connectivity index (χ0) is 28.5. The first-order valence-electron chi connectivity index (χ1n) is 15.2. The second-order valence-electron chi connectivity index (χ2n) is 11.9. The van der Waals surface area contributed by atoms with Gasteiger partial charge in [0.25, 0.3) is 0 Å². The Labute approximate surface area is 246 Å². The van der Waals surface area contributed by atoms with Gasteiger partial charge in [-0.15, -0.1) is 0 Å². The summed E-state index contributed by atoms with van der Waals surface area (Å²) in [7, 11) is -2.47. The maximum absolute atomic E-state index is 6.03. The van der Waals surface area contributed by atoms with Crippen LogP contribution in [0.3, 0.4) is 0 Å². The van der Waals surface area contributed by atoms with Crippen LogP contribution >= 0.6 is 7.51 Å². The van der Waals surface area contributed by atoms with Crippen molar-refractivity contribution in [3.05, 3.63) is 144 Å². The standard InChI is InChI=1S/C36H43N4P/c1-5-27(3)33-35(29-19-11-7-12-20-29,30-21-13-8-14-22-30)39-41(37-33)38-34(28(4)6-2)36(40-41,31-23-15-9-16-24-31)32-25-17-10-18-26-32/h7-28,33-34,37-39H,5-6H2,1-4H3/t27-,28-,33-,34-,41?/m0/s1. The van der Waals surface area contributed by atoms with Gasteiger partial charge in [0, 0.05) is 6.04 Å². The normalized spacial score (nSPS) is 26.0. The number of nitrogens with zero attached hydrogens (tertiary/aromatic N) is 1. The van der Waals surface area contributed by atoms with Crippen LogP contribution in [-0.2, 0) is 11.1 Å². The van der Waals surface area contributed by atoms with Crippen LogP contribution in [0.1, 0.15) is 62.8 Å². The second kappa shape index (κ2) is 11.3. The van der Waals surface area contributed by atoms with Crippen LogP contribution in [0, 0.1) is 11.8 Å². The van der Waals surface area contributed by atoms with Gasteiger partial charge in [0.15, 0.2) is 7.51 Å². The third kappa shape index (κ3) is 4.62. The van der Waals surface area contributed by atoms with Crippen molar-refractivity contribution in [1.82, 2.24) is 15.3 Å². The van der Waals surface area contributed by atoms with E-state index in [9.17, 15) is 0 Å². The van der Waals surface area contributed by atoms with Crippen LogP contribution in [0.2, 0.25) is 0 Å². The molecule has 0 radical (unpaired) electrons. The number of rotatable bonds is 8. The zero-order valence-electron chi connectivity index (χ0n) is 24.7. The fraction of sp³-hybridized carbons (Fsp3) is 0.333. The molecule has 0 saturated carbocycles. The first-order valence-corrected chi connectivity index (χ1v) is 16.9. The molecule has 1 spiro atoms. The van der Waals surface area contributed by atoms with E-state index in [-0.39, 0.29) is 12.1 Å². The summed E-state index contributed by atoms with van der Waals surface area (Å²) in [4.78, 5) is 0. The van der Waals surface area contributed by atoms with Crippen molar-refractivity contribution in [3.63, 3.8) is 0 Å². The smallest absolute Gasteiger partial charge is 0.162 e. The van der Waals surface area contributed by atoms with Gasteiger partial charge in [-0.05, 0) is 34.1 Å². The number of hydrogen-bond acceptors (Lipinski definition) is 4. The lowest BCUT2D eigenvalue weighted by Gasteiger charge is -2.38. The van der Waals surface area contributed by atoms with Crippen LogP contribution in [0.4, 0.5) is 0 Å². The number of hydrogen-bond donors (Lipinski definition) is 3. The highest BCUT2D eigenvalue weighted by Gasteiger charge is 2.60. The predicted octanol–water partition coefficient (Wildman–Crippen LogP) is 8.45. The minimum Gasteiger partial charge on any atom is -0.254 e. The average Bonchev–Trinajstić information content (AvgIpc) is 3.58. The first-order chi connectivity index (χ1) is 20.0. The molecule has 0 aromatic heterocycles. The maximum Gasteiger partial charge on any atom is 0.162 e. The predicted molar refractivity (Wildman–Crippen MR) is 173 cm³/mol. The highest BCUT2D eigenvalue weighted by atomic mass is 31.2. The third-order valence-corrected chi connectivity index (χ3v) is 12.1. The summed E-state index contributed by atoms with van der Waals surface area (Å²) >= 11 is 0. The van der Waals surface area contributed by atoms with E-state index in [2.05, 4.69) is 164 Å². The molecule has 5 atom stereocenters.